The molecule has 5 heteroatoms. The molecule has 0 radical (unpaired) electrons. The van der Waals surface area contributed by atoms with Gasteiger partial charge in [0.2, 0.25) is 5.13 Å². The second-order valence-corrected chi connectivity index (χ2v) is 6.07. The lowest BCUT2D eigenvalue weighted by molar-refractivity contribution is 0.626. The molecule has 3 nitrogen and oxygen atoms in total. The van der Waals surface area contributed by atoms with Crippen LogP contribution < -0.4 is 5.43 Å². The molecular weight excluding hydrogens is 285 g/mol. The number of aromatic nitrogens is 1. The van der Waals surface area contributed by atoms with Crippen LogP contribution in [0.2, 0.25) is 0 Å². The molecule has 1 heterocycles. The molecule has 1 aliphatic carbocycles. The molecule has 1 aromatic heterocycles. The van der Waals surface area contributed by atoms with Crippen LogP contribution in [0.25, 0.3) is 10.2 Å². The zero-order chi connectivity index (χ0) is 14.2. The number of hydrogen-bond acceptors (Lipinski definition) is 4. The van der Waals surface area contributed by atoms with E-state index in [1.54, 1.807) is 17.4 Å². The molecule has 0 aliphatic heterocycles. The Morgan fingerprint density at radius 2 is 1.95 bits per heavy atom. The van der Waals surface area contributed by atoms with E-state index in [4.69, 9.17) is 0 Å². The van der Waals surface area contributed by atoms with Crippen molar-refractivity contribution < 1.29 is 4.39 Å². The maximum Gasteiger partial charge on any atom is 0.204 e. The minimum Gasteiger partial charge on any atom is -0.253 e. The smallest absolute Gasteiger partial charge is 0.204 e. The van der Waals surface area contributed by atoms with Gasteiger partial charge in [0, 0.05) is 18.6 Å². The third kappa shape index (κ3) is 2.40. The van der Waals surface area contributed by atoms with Crippen molar-refractivity contribution in [2.24, 2.45) is 5.10 Å². The van der Waals surface area contributed by atoms with Crippen LogP contribution in [0.1, 0.15) is 11.1 Å². The molecule has 0 unspecified atom stereocenters. The number of halogens is 1. The molecule has 104 valence electrons. The maximum atomic E-state index is 13.2. The Bertz CT molecular complexity index is 821. The summed E-state index contributed by atoms with van der Waals surface area (Å²) in [5, 5.41) is 5.21. The highest BCUT2D eigenvalue weighted by molar-refractivity contribution is 7.22. The summed E-state index contributed by atoms with van der Waals surface area (Å²) >= 11 is 1.58. The lowest BCUT2D eigenvalue weighted by Crippen LogP contribution is -2.01. The molecule has 0 saturated carbocycles. The fourth-order valence-electron chi connectivity index (χ4n) is 2.56. The number of nitrogens with one attached hydrogen (secondary N) is 1. The first-order valence-corrected chi connectivity index (χ1v) is 7.54. The summed E-state index contributed by atoms with van der Waals surface area (Å²) < 4.78 is 14.3. The first-order chi connectivity index (χ1) is 10.3. The van der Waals surface area contributed by atoms with E-state index < -0.39 is 0 Å². The van der Waals surface area contributed by atoms with E-state index in [1.165, 1.54) is 6.07 Å². The summed E-state index contributed by atoms with van der Waals surface area (Å²) in [5.74, 6) is -0.186. The van der Waals surface area contributed by atoms with E-state index in [0.717, 1.165) is 38.6 Å². The molecule has 1 N–H and O–H groups in total. The number of benzene rings is 2. The van der Waals surface area contributed by atoms with E-state index in [-0.39, 0.29) is 5.82 Å². The normalized spacial score (nSPS) is 15.6. The summed E-state index contributed by atoms with van der Waals surface area (Å²) in [6, 6.07) is 12.9. The van der Waals surface area contributed by atoms with Crippen LogP contribution in [0.3, 0.4) is 0 Å². The Hall–Kier alpha value is -2.27. The minimum absolute atomic E-state index is 0.186. The summed E-state index contributed by atoms with van der Waals surface area (Å²) in [4.78, 5) is 4.48. The number of rotatable bonds is 2. The molecule has 0 amide bonds. The molecular formula is C16H12FN3S. The Balaban J connectivity index is 1.54. The molecule has 0 spiro atoms. The molecule has 21 heavy (non-hydrogen) atoms. The zero-order valence-electron chi connectivity index (χ0n) is 11.1. The van der Waals surface area contributed by atoms with Gasteiger partial charge in [-0.2, -0.15) is 5.10 Å². The predicted octanol–water partition coefficient (Wildman–Crippen LogP) is 4.00. The fourth-order valence-corrected chi connectivity index (χ4v) is 3.37. The van der Waals surface area contributed by atoms with Crippen molar-refractivity contribution in [3.8, 4) is 0 Å². The van der Waals surface area contributed by atoms with Crippen molar-refractivity contribution >= 4 is 32.4 Å². The standard InChI is InChI=1S/C16H12FN3S/c17-12-6-5-10-8-13(9-11(10)7-12)19-20-16-18-14-3-1-2-4-15(14)21-16/h1-7H,8-9H2,(H,18,20)/b19-13+. The number of nitrogens with zero attached hydrogens (tertiary/aromatic N) is 2. The van der Waals surface area contributed by atoms with E-state index in [9.17, 15) is 4.39 Å². The van der Waals surface area contributed by atoms with Gasteiger partial charge >= 0.3 is 0 Å². The monoisotopic (exact) mass is 297 g/mol. The lowest BCUT2D eigenvalue weighted by Gasteiger charge is -1.96. The number of para-hydroxylation sites is 1. The number of fused-ring (bicyclic) bond motifs is 2. The highest BCUT2D eigenvalue weighted by atomic mass is 32.1. The van der Waals surface area contributed by atoms with Crippen molar-refractivity contribution in [3.05, 3.63) is 59.4 Å². The minimum atomic E-state index is -0.186. The van der Waals surface area contributed by atoms with E-state index in [2.05, 4.69) is 15.5 Å². The van der Waals surface area contributed by atoms with Crippen LogP contribution in [0.4, 0.5) is 9.52 Å². The zero-order valence-corrected chi connectivity index (χ0v) is 12.0. The van der Waals surface area contributed by atoms with Gasteiger partial charge in [0.05, 0.1) is 10.2 Å². The topological polar surface area (TPSA) is 37.3 Å². The second-order valence-electron chi connectivity index (χ2n) is 5.04. The van der Waals surface area contributed by atoms with Crippen molar-refractivity contribution in [2.75, 3.05) is 5.43 Å². The van der Waals surface area contributed by atoms with E-state index in [0.29, 0.717) is 6.42 Å². The van der Waals surface area contributed by atoms with Crippen LogP contribution in [-0.2, 0) is 12.8 Å². The van der Waals surface area contributed by atoms with Gasteiger partial charge in [0.1, 0.15) is 5.82 Å². The van der Waals surface area contributed by atoms with Gasteiger partial charge in [-0.3, -0.25) is 5.43 Å². The molecule has 0 fully saturated rings. The van der Waals surface area contributed by atoms with Crippen LogP contribution in [-0.4, -0.2) is 10.7 Å². The van der Waals surface area contributed by atoms with Crippen molar-refractivity contribution in [1.82, 2.24) is 4.98 Å². The van der Waals surface area contributed by atoms with E-state index in [1.807, 2.05) is 30.3 Å². The molecule has 1 aliphatic rings. The van der Waals surface area contributed by atoms with Gasteiger partial charge in [0.15, 0.2) is 0 Å². The average Bonchev–Trinajstić information content (AvgIpc) is 3.07. The SMILES string of the molecule is Fc1ccc2c(c1)C/C(=N/Nc1nc3ccccc3s1)C2. The van der Waals surface area contributed by atoms with Gasteiger partial charge in [-0.25, -0.2) is 9.37 Å². The van der Waals surface area contributed by atoms with Gasteiger partial charge < -0.3 is 0 Å². The van der Waals surface area contributed by atoms with Crippen LogP contribution in [0, 0.1) is 5.82 Å². The largest absolute Gasteiger partial charge is 0.253 e. The number of hydrogen-bond donors (Lipinski definition) is 1. The Kier molecular flexibility index (Phi) is 2.93. The van der Waals surface area contributed by atoms with Crippen molar-refractivity contribution in [3.63, 3.8) is 0 Å². The number of hydrazone groups is 1. The number of anilines is 1. The predicted molar refractivity (Wildman–Crippen MR) is 84.5 cm³/mol. The maximum absolute atomic E-state index is 13.2. The summed E-state index contributed by atoms with van der Waals surface area (Å²) in [6.45, 7) is 0. The third-order valence-corrected chi connectivity index (χ3v) is 4.50. The van der Waals surface area contributed by atoms with Crippen LogP contribution >= 0.6 is 11.3 Å². The number of thiazole rings is 1. The van der Waals surface area contributed by atoms with Crippen LogP contribution in [0.15, 0.2) is 47.6 Å². The third-order valence-electron chi connectivity index (χ3n) is 3.56. The molecule has 0 bridgehead atoms. The highest BCUT2D eigenvalue weighted by Gasteiger charge is 2.17. The van der Waals surface area contributed by atoms with Gasteiger partial charge in [-0.05, 0) is 35.4 Å². The Morgan fingerprint density at radius 1 is 1.10 bits per heavy atom. The summed E-state index contributed by atoms with van der Waals surface area (Å²) in [6.07, 6.45) is 1.47. The molecule has 0 saturated heterocycles. The van der Waals surface area contributed by atoms with Crippen molar-refractivity contribution in [1.29, 1.82) is 0 Å². The van der Waals surface area contributed by atoms with Gasteiger partial charge in [-0.15, -0.1) is 0 Å². The Morgan fingerprint density at radius 3 is 2.86 bits per heavy atom. The highest BCUT2D eigenvalue weighted by Crippen LogP contribution is 2.26. The average molecular weight is 297 g/mol. The lowest BCUT2D eigenvalue weighted by atomic mass is 10.1. The first-order valence-electron chi connectivity index (χ1n) is 6.72. The summed E-state index contributed by atoms with van der Waals surface area (Å²) in [5.41, 5.74) is 7.19. The second kappa shape index (κ2) is 4.93. The first kappa shape index (κ1) is 12.5. The van der Waals surface area contributed by atoms with Gasteiger partial charge in [0.25, 0.3) is 0 Å². The molecule has 2 aromatic carbocycles. The molecule has 3 aromatic rings. The van der Waals surface area contributed by atoms with Crippen molar-refractivity contribution in [2.45, 2.75) is 12.8 Å². The molecule has 4 rings (SSSR count). The van der Waals surface area contributed by atoms with E-state index >= 15 is 0 Å². The quantitative estimate of drug-likeness (QED) is 0.726. The van der Waals surface area contributed by atoms with Crippen LogP contribution in [0.5, 0.6) is 0 Å². The molecule has 0 atom stereocenters. The fraction of sp³-hybridized carbons (Fsp3) is 0.125. The Labute approximate surface area is 125 Å². The summed E-state index contributed by atoms with van der Waals surface area (Å²) in [7, 11) is 0. The van der Waals surface area contributed by atoms with Gasteiger partial charge in [-0.1, -0.05) is 29.5 Å².